The van der Waals surface area contributed by atoms with Crippen LogP contribution in [0.4, 0.5) is 18.4 Å². The molecule has 0 saturated carbocycles. The van der Waals surface area contributed by atoms with E-state index in [0.29, 0.717) is 30.1 Å². The molecule has 0 bridgehead atoms. The van der Waals surface area contributed by atoms with Crippen LogP contribution in [0.5, 0.6) is 5.75 Å². The van der Waals surface area contributed by atoms with Crippen LogP contribution < -0.4 is 14.8 Å². The molecule has 0 radical (unpaired) electrons. The summed E-state index contributed by atoms with van der Waals surface area (Å²) in [6.07, 6.45) is 0.0698. The van der Waals surface area contributed by atoms with Crippen molar-refractivity contribution in [1.82, 2.24) is 14.9 Å². The highest BCUT2D eigenvalue weighted by Crippen LogP contribution is 2.35. The number of likely N-dealkylation sites (tertiary alicyclic amines) is 1. The number of hydrogen-bond acceptors (Lipinski definition) is 6. The van der Waals surface area contributed by atoms with Gasteiger partial charge in [-0.3, -0.25) is 0 Å². The Morgan fingerprint density at radius 1 is 1.12 bits per heavy atom. The number of nitrogens with one attached hydrogen (secondary N) is 2. The zero-order chi connectivity index (χ0) is 29.8. The van der Waals surface area contributed by atoms with Crippen molar-refractivity contribution in [3.8, 4) is 5.75 Å². The molecule has 1 aliphatic rings. The lowest BCUT2D eigenvalue weighted by Gasteiger charge is -2.39. The van der Waals surface area contributed by atoms with Gasteiger partial charge >= 0.3 is 12.1 Å². The Bertz CT molecular complexity index is 1330. The average Bonchev–Trinajstić information content (AvgIpc) is 2.82. The van der Waals surface area contributed by atoms with Gasteiger partial charge in [-0.05, 0) is 64.7 Å². The maximum Gasteiger partial charge on any atom is 0.410 e. The highest BCUT2D eigenvalue weighted by molar-refractivity contribution is 7.90. The quantitative estimate of drug-likeness (QED) is 0.437. The standard InChI is InChI=1S/C27H34ClF2N3O6S/c1-16(2)31-25(34)32-40(36,37)24-13-21(29)23(12-22(24)30)38-15-18-14-33(26(35)39-27(3,4)5)11-10-20(18)17-6-8-19(28)9-7-17/h6-9,12-13,16,18,20H,10-11,14-15H2,1-5H3,(H2,31,32,34). The molecule has 13 heteroatoms. The first kappa shape index (κ1) is 31.4. The van der Waals surface area contributed by atoms with Gasteiger partial charge in [0, 0.05) is 42.2 Å². The van der Waals surface area contributed by atoms with E-state index in [1.54, 1.807) is 56.4 Å². The number of rotatable bonds is 7. The summed E-state index contributed by atoms with van der Waals surface area (Å²) in [7, 11) is -4.69. The number of piperidine rings is 1. The molecule has 2 unspecified atom stereocenters. The minimum Gasteiger partial charge on any atom is -0.490 e. The summed E-state index contributed by atoms with van der Waals surface area (Å²) >= 11 is 6.04. The molecule has 2 N–H and O–H groups in total. The molecule has 3 amide bonds. The van der Waals surface area contributed by atoms with Gasteiger partial charge in [-0.25, -0.2) is 31.5 Å². The number of carbonyl (C=O) groups excluding carboxylic acids is 2. The Kier molecular flexibility index (Phi) is 9.89. The van der Waals surface area contributed by atoms with Crippen molar-refractivity contribution in [2.24, 2.45) is 5.92 Å². The number of nitrogens with zero attached hydrogens (tertiary/aromatic N) is 1. The lowest BCUT2D eigenvalue weighted by atomic mass is 9.81. The lowest BCUT2D eigenvalue weighted by Crippen LogP contribution is -2.46. The van der Waals surface area contributed by atoms with Gasteiger partial charge in [-0.15, -0.1) is 0 Å². The van der Waals surface area contributed by atoms with Crippen LogP contribution in [0.25, 0.3) is 0 Å². The van der Waals surface area contributed by atoms with Crippen LogP contribution in [0.2, 0.25) is 5.02 Å². The normalized spacial score (nSPS) is 17.9. The summed E-state index contributed by atoms with van der Waals surface area (Å²) in [6, 6.07) is 6.86. The third kappa shape index (κ3) is 8.44. The number of amides is 3. The Morgan fingerprint density at radius 3 is 2.38 bits per heavy atom. The number of urea groups is 1. The minimum absolute atomic E-state index is 0.0906. The maximum absolute atomic E-state index is 14.9. The van der Waals surface area contributed by atoms with Crippen molar-refractivity contribution in [2.45, 2.75) is 63.5 Å². The van der Waals surface area contributed by atoms with Gasteiger partial charge in [0.15, 0.2) is 11.6 Å². The molecule has 0 aliphatic carbocycles. The van der Waals surface area contributed by atoms with E-state index >= 15 is 0 Å². The third-order valence-electron chi connectivity index (χ3n) is 6.06. The van der Waals surface area contributed by atoms with Gasteiger partial charge in [0.1, 0.15) is 16.3 Å². The number of carbonyl (C=O) groups is 2. The first-order chi connectivity index (χ1) is 18.6. The van der Waals surface area contributed by atoms with Crippen LogP contribution in [0.1, 0.15) is 52.5 Å². The fourth-order valence-corrected chi connectivity index (χ4v) is 5.45. The molecule has 1 fully saturated rings. The number of hydrogen-bond donors (Lipinski definition) is 2. The van der Waals surface area contributed by atoms with Crippen LogP contribution in [-0.2, 0) is 14.8 Å². The second-order valence-electron chi connectivity index (χ2n) is 10.9. The highest BCUT2D eigenvalue weighted by atomic mass is 35.5. The van der Waals surface area contributed by atoms with Gasteiger partial charge in [0.05, 0.1) is 6.61 Å². The largest absolute Gasteiger partial charge is 0.490 e. The molecule has 40 heavy (non-hydrogen) atoms. The minimum atomic E-state index is -4.69. The number of sulfonamides is 1. The van der Waals surface area contributed by atoms with Gasteiger partial charge in [-0.2, -0.15) is 0 Å². The molecule has 0 spiro atoms. The van der Waals surface area contributed by atoms with Crippen molar-refractivity contribution in [3.05, 3.63) is 58.6 Å². The van der Waals surface area contributed by atoms with Crippen molar-refractivity contribution in [2.75, 3.05) is 19.7 Å². The van der Waals surface area contributed by atoms with E-state index < -0.39 is 50.0 Å². The first-order valence-corrected chi connectivity index (χ1v) is 14.6. The monoisotopic (exact) mass is 601 g/mol. The Labute approximate surface area is 238 Å². The second-order valence-corrected chi connectivity index (χ2v) is 13.0. The van der Waals surface area contributed by atoms with Gasteiger partial charge in [0.25, 0.3) is 10.0 Å². The molecule has 1 heterocycles. The molecule has 2 atom stereocenters. The molecular formula is C27H34ClF2N3O6S. The summed E-state index contributed by atoms with van der Waals surface area (Å²) in [5, 5.41) is 2.86. The van der Waals surface area contributed by atoms with E-state index in [4.69, 9.17) is 21.1 Å². The zero-order valence-electron chi connectivity index (χ0n) is 23.0. The van der Waals surface area contributed by atoms with Crippen molar-refractivity contribution < 1.29 is 36.3 Å². The van der Waals surface area contributed by atoms with Crippen molar-refractivity contribution in [3.63, 3.8) is 0 Å². The van der Waals surface area contributed by atoms with Crippen molar-refractivity contribution in [1.29, 1.82) is 0 Å². The van der Waals surface area contributed by atoms with E-state index in [9.17, 15) is 26.8 Å². The molecule has 2 aromatic carbocycles. The molecule has 1 saturated heterocycles. The second kappa shape index (κ2) is 12.6. The van der Waals surface area contributed by atoms with E-state index in [1.165, 1.54) is 0 Å². The lowest BCUT2D eigenvalue weighted by molar-refractivity contribution is 0.0110. The van der Waals surface area contributed by atoms with Gasteiger partial charge in [0.2, 0.25) is 0 Å². The highest BCUT2D eigenvalue weighted by Gasteiger charge is 2.35. The summed E-state index contributed by atoms with van der Waals surface area (Å²) in [5.41, 5.74) is 0.254. The summed E-state index contributed by atoms with van der Waals surface area (Å²) < 4.78 is 67.5. The Hall–Kier alpha value is -3.12. The van der Waals surface area contributed by atoms with Crippen LogP contribution >= 0.6 is 11.6 Å². The average molecular weight is 602 g/mol. The van der Waals surface area contributed by atoms with Crippen LogP contribution in [0.15, 0.2) is 41.3 Å². The molecule has 1 aliphatic heterocycles. The SMILES string of the molecule is CC(C)NC(=O)NS(=O)(=O)c1cc(F)c(OCC2CN(C(=O)OC(C)(C)C)CCC2c2ccc(Cl)cc2)cc1F. The van der Waals surface area contributed by atoms with E-state index in [0.717, 1.165) is 5.56 Å². The van der Waals surface area contributed by atoms with Gasteiger partial charge in [-0.1, -0.05) is 23.7 Å². The number of ether oxygens (including phenoxy) is 2. The third-order valence-corrected chi connectivity index (χ3v) is 7.66. The van der Waals surface area contributed by atoms with Crippen LogP contribution in [0.3, 0.4) is 0 Å². The molecule has 3 rings (SSSR count). The Balaban J connectivity index is 1.81. The molecule has 2 aromatic rings. The van der Waals surface area contributed by atoms with Crippen molar-refractivity contribution >= 4 is 33.7 Å². The number of halogens is 3. The fourth-order valence-electron chi connectivity index (χ4n) is 4.33. The van der Waals surface area contributed by atoms with E-state index in [1.807, 2.05) is 12.1 Å². The van der Waals surface area contributed by atoms with E-state index in [-0.39, 0.29) is 31.0 Å². The fraction of sp³-hybridized carbons (Fsp3) is 0.481. The van der Waals surface area contributed by atoms with Crippen LogP contribution in [-0.4, -0.2) is 56.8 Å². The molecular weight excluding hydrogens is 568 g/mol. The molecule has 9 nitrogen and oxygen atoms in total. The molecule has 220 valence electrons. The zero-order valence-corrected chi connectivity index (χ0v) is 24.5. The summed E-state index contributed by atoms with van der Waals surface area (Å²) in [6.45, 7) is 9.05. The topological polar surface area (TPSA) is 114 Å². The summed E-state index contributed by atoms with van der Waals surface area (Å²) in [4.78, 5) is 25.1. The molecule has 0 aromatic heterocycles. The smallest absolute Gasteiger partial charge is 0.410 e. The van der Waals surface area contributed by atoms with Crippen LogP contribution in [0, 0.1) is 17.6 Å². The van der Waals surface area contributed by atoms with E-state index in [2.05, 4.69) is 5.32 Å². The first-order valence-electron chi connectivity index (χ1n) is 12.7. The Morgan fingerprint density at radius 2 is 1.77 bits per heavy atom. The predicted molar refractivity (Wildman–Crippen MR) is 146 cm³/mol. The summed E-state index contributed by atoms with van der Waals surface area (Å²) in [5.74, 6) is -3.36. The predicted octanol–water partition coefficient (Wildman–Crippen LogP) is 5.43. The van der Waals surface area contributed by atoms with Gasteiger partial charge < -0.3 is 19.7 Å². The number of benzene rings is 2. The maximum atomic E-state index is 14.9.